The van der Waals surface area contributed by atoms with Gasteiger partial charge in [-0.15, -0.1) is 0 Å². The van der Waals surface area contributed by atoms with Crippen molar-refractivity contribution in [3.63, 3.8) is 0 Å². The van der Waals surface area contributed by atoms with Crippen LogP contribution in [0.4, 0.5) is 0 Å². The monoisotopic (exact) mass is 238 g/mol. The molecule has 0 amide bonds. The van der Waals surface area contributed by atoms with Crippen LogP contribution < -0.4 is 11.3 Å². The summed E-state index contributed by atoms with van der Waals surface area (Å²) < 4.78 is 0. The lowest BCUT2D eigenvalue weighted by atomic mass is 9.69. The highest BCUT2D eigenvalue weighted by Gasteiger charge is 2.34. The van der Waals surface area contributed by atoms with Crippen molar-refractivity contribution in [1.29, 1.82) is 0 Å². The molecular weight excluding hydrogens is 208 g/mol. The molecule has 2 aliphatic rings. The van der Waals surface area contributed by atoms with Crippen LogP contribution in [-0.2, 0) is 0 Å². The Kier molecular flexibility index (Phi) is 4.87. The van der Waals surface area contributed by atoms with Gasteiger partial charge in [-0.1, -0.05) is 33.1 Å². The molecule has 0 aliphatic heterocycles. The van der Waals surface area contributed by atoms with Gasteiger partial charge in [0.1, 0.15) is 0 Å². The van der Waals surface area contributed by atoms with E-state index in [9.17, 15) is 0 Å². The van der Waals surface area contributed by atoms with E-state index in [1.54, 1.807) is 0 Å². The Hall–Kier alpha value is -0.0800. The van der Waals surface area contributed by atoms with Crippen LogP contribution >= 0.6 is 0 Å². The third-order valence-electron chi connectivity index (χ3n) is 5.07. The van der Waals surface area contributed by atoms with E-state index in [0.717, 1.165) is 23.7 Å². The summed E-state index contributed by atoms with van der Waals surface area (Å²) in [5.41, 5.74) is 3.18. The molecule has 0 saturated heterocycles. The van der Waals surface area contributed by atoms with Gasteiger partial charge in [-0.05, 0) is 55.8 Å². The molecule has 0 aromatic carbocycles. The second-order valence-electron chi connectivity index (χ2n) is 6.77. The minimum atomic E-state index is 0.584. The first-order valence-corrected chi connectivity index (χ1v) is 7.66. The molecule has 2 heteroatoms. The quantitative estimate of drug-likeness (QED) is 0.583. The number of hydrogen-bond donors (Lipinski definition) is 2. The molecule has 2 nitrogen and oxygen atoms in total. The van der Waals surface area contributed by atoms with Gasteiger partial charge in [0.25, 0.3) is 0 Å². The van der Waals surface area contributed by atoms with Crippen molar-refractivity contribution in [3.05, 3.63) is 0 Å². The van der Waals surface area contributed by atoms with Crippen LogP contribution in [-0.4, -0.2) is 6.04 Å². The van der Waals surface area contributed by atoms with E-state index >= 15 is 0 Å². The van der Waals surface area contributed by atoms with E-state index in [4.69, 9.17) is 5.84 Å². The van der Waals surface area contributed by atoms with Gasteiger partial charge in [-0.2, -0.15) is 0 Å². The predicted octanol–water partition coefficient (Wildman–Crippen LogP) is 3.47. The van der Waals surface area contributed by atoms with Crippen LogP contribution in [0.15, 0.2) is 0 Å². The lowest BCUT2D eigenvalue weighted by molar-refractivity contribution is 0.126. The minimum Gasteiger partial charge on any atom is -0.271 e. The average Bonchev–Trinajstić information content (AvgIpc) is 2.30. The highest BCUT2D eigenvalue weighted by atomic mass is 15.2. The molecule has 0 bridgehead atoms. The van der Waals surface area contributed by atoms with Crippen LogP contribution in [0.5, 0.6) is 0 Å². The van der Waals surface area contributed by atoms with Gasteiger partial charge in [-0.3, -0.25) is 11.3 Å². The zero-order valence-corrected chi connectivity index (χ0v) is 11.6. The lowest BCUT2D eigenvalue weighted by Gasteiger charge is -2.41. The van der Waals surface area contributed by atoms with E-state index < -0.39 is 0 Å². The standard InChI is InChI=1S/C15H30N2/c1-11-8-12(2)10-14(9-11)15(17-16)13-6-4-3-5-7-13/h11-15,17H,3-10,16H2,1-2H3. The van der Waals surface area contributed by atoms with E-state index in [1.165, 1.54) is 51.4 Å². The average molecular weight is 238 g/mol. The summed E-state index contributed by atoms with van der Waals surface area (Å²) in [5, 5.41) is 0. The third-order valence-corrected chi connectivity index (χ3v) is 5.07. The normalized spacial score (nSPS) is 37.9. The second-order valence-corrected chi connectivity index (χ2v) is 6.77. The van der Waals surface area contributed by atoms with Gasteiger partial charge in [0, 0.05) is 6.04 Å². The second kappa shape index (κ2) is 6.19. The molecule has 0 radical (unpaired) electrons. The number of hydrazine groups is 1. The summed E-state index contributed by atoms with van der Waals surface area (Å²) in [6.45, 7) is 4.83. The fourth-order valence-electron chi connectivity index (χ4n) is 4.45. The largest absolute Gasteiger partial charge is 0.271 e. The van der Waals surface area contributed by atoms with Gasteiger partial charge < -0.3 is 0 Å². The lowest BCUT2D eigenvalue weighted by Crippen LogP contribution is -2.48. The van der Waals surface area contributed by atoms with E-state index in [1.807, 2.05) is 0 Å². The molecule has 2 rings (SSSR count). The first kappa shape index (κ1) is 13.4. The Labute approximate surface area is 107 Å². The van der Waals surface area contributed by atoms with Crippen LogP contribution in [0.25, 0.3) is 0 Å². The topological polar surface area (TPSA) is 38.0 Å². The van der Waals surface area contributed by atoms with Gasteiger partial charge in [0.2, 0.25) is 0 Å². The molecule has 2 saturated carbocycles. The van der Waals surface area contributed by atoms with Gasteiger partial charge in [0.05, 0.1) is 0 Å². The van der Waals surface area contributed by atoms with Crippen LogP contribution in [0.3, 0.4) is 0 Å². The van der Waals surface area contributed by atoms with Gasteiger partial charge in [0.15, 0.2) is 0 Å². The summed E-state index contributed by atoms with van der Waals surface area (Å²) in [6, 6.07) is 0.584. The first-order valence-electron chi connectivity index (χ1n) is 7.66. The maximum Gasteiger partial charge on any atom is 0.0267 e. The van der Waals surface area contributed by atoms with Crippen molar-refractivity contribution < 1.29 is 0 Å². The summed E-state index contributed by atoms with van der Waals surface area (Å²) in [6.07, 6.45) is 11.2. The van der Waals surface area contributed by atoms with Crippen molar-refractivity contribution in [3.8, 4) is 0 Å². The van der Waals surface area contributed by atoms with Crippen LogP contribution in [0.2, 0.25) is 0 Å². The fraction of sp³-hybridized carbons (Fsp3) is 1.00. The Morgan fingerprint density at radius 3 is 2.00 bits per heavy atom. The smallest absolute Gasteiger partial charge is 0.0267 e. The molecular formula is C15H30N2. The molecule has 3 N–H and O–H groups in total. The van der Waals surface area contributed by atoms with E-state index in [-0.39, 0.29) is 0 Å². The summed E-state index contributed by atoms with van der Waals surface area (Å²) in [7, 11) is 0. The van der Waals surface area contributed by atoms with Crippen molar-refractivity contribution in [2.75, 3.05) is 0 Å². The first-order chi connectivity index (χ1) is 8.20. The number of rotatable bonds is 3. The molecule has 2 aliphatic carbocycles. The number of nitrogens with two attached hydrogens (primary N) is 1. The summed E-state index contributed by atoms with van der Waals surface area (Å²) in [5.74, 6) is 9.32. The maximum absolute atomic E-state index is 5.88. The van der Waals surface area contributed by atoms with Crippen molar-refractivity contribution in [2.24, 2.45) is 29.5 Å². The fourth-order valence-corrected chi connectivity index (χ4v) is 4.45. The third kappa shape index (κ3) is 3.45. The molecule has 0 heterocycles. The molecule has 100 valence electrons. The molecule has 0 aromatic rings. The SMILES string of the molecule is CC1CC(C)CC(C(NN)C2CCCCC2)C1. The summed E-state index contributed by atoms with van der Waals surface area (Å²) in [4.78, 5) is 0. The van der Waals surface area contributed by atoms with Crippen LogP contribution in [0, 0.1) is 23.7 Å². The molecule has 0 spiro atoms. The highest BCUT2D eigenvalue weighted by Crippen LogP contribution is 2.39. The molecule has 17 heavy (non-hydrogen) atoms. The molecule has 2 fully saturated rings. The number of nitrogens with one attached hydrogen (secondary N) is 1. The van der Waals surface area contributed by atoms with Crippen molar-refractivity contribution >= 4 is 0 Å². The Bertz CT molecular complexity index is 213. The summed E-state index contributed by atoms with van der Waals surface area (Å²) >= 11 is 0. The van der Waals surface area contributed by atoms with Crippen LogP contribution in [0.1, 0.15) is 65.2 Å². The minimum absolute atomic E-state index is 0.584. The molecule has 3 unspecified atom stereocenters. The number of hydrogen-bond acceptors (Lipinski definition) is 2. The highest BCUT2D eigenvalue weighted by molar-refractivity contribution is 4.88. The van der Waals surface area contributed by atoms with Crippen molar-refractivity contribution in [2.45, 2.75) is 71.3 Å². The Morgan fingerprint density at radius 1 is 0.882 bits per heavy atom. The van der Waals surface area contributed by atoms with E-state index in [2.05, 4.69) is 19.3 Å². The zero-order chi connectivity index (χ0) is 12.3. The van der Waals surface area contributed by atoms with Gasteiger partial charge in [-0.25, -0.2) is 0 Å². The zero-order valence-electron chi connectivity index (χ0n) is 11.6. The van der Waals surface area contributed by atoms with Gasteiger partial charge >= 0.3 is 0 Å². The van der Waals surface area contributed by atoms with Crippen molar-refractivity contribution in [1.82, 2.24) is 5.43 Å². The predicted molar refractivity (Wildman–Crippen MR) is 73.4 cm³/mol. The van der Waals surface area contributed by atoms with E-state index in [0.29, 0.717) is 6.04 Å². The maximum atomic E-state index is 5.88. The Morgan fingerprint density at radius 2 is 1.47 bits per heavy atom. The molecule has 0 aromatic heterocycles. The molecule has 3 atom stereocenters. The Balaban J connectivity index is 1.96.